The number of hydrogen-bond acceptors (Lipinski definition) is 5. The van der Waals surface area contributed by atoms with Crippen LogP contribution in [0.4, 0.5) is 0 Å². The van der Waals surface area contributed by atoms with E-state index >= 15 is 0 Å². The molecular weight excluding hydrogens is 322 g/mol. The third kappa shape index (κ3) is 3.87. The van der Waals surface area contributed by atoms with Gasteiger partial charge in [-0.3, -0.25) is 14.5 Å². The van der Waals surface area contributed by atoms with E-state index in [-0.39, 0.29) is 29.9 Å². The Morgan fingerprint density at radius 3 is 2.76 bits per heavy atom. The van der Waals surface area contributed by atoms with Crippen molar-refractivity contribution in [2.75, 3.05) is 33.3 Å². The molecule has 7 heteroatoms. The Bertz CT molecular complexity index is 651. The molecule has 1 aromatic carbocycles. The number of ether oxygens (including phenoxy) is 2. The van der Waals surface area contributed by atoms with Gasteiger partial charge in [0.1, 0.15) is 6.61 Å². The quantitative estimate of drug-likeness (QED) is 0.837. The van der Waals surface area contributed by atoms with E-state index in [0.717, 1.165) is 5.75 Å². The van der Waals surface area contributed by atoms with E-state index in [1.807, 2.05) is 36.1 Å². The van der Waals surface area contributed by atoms with Crippen molar-refractivity contribution in [3.63, 3.8) is 0 Å². The highest BCUT2D eigenvalue weighted by Crippen LogP contribution is 2.31. The van der Waals surface area contributed by atoms with Crippen LogP contribution in [-0.2, 0) is 9.59 Å². The Morgan fingerprint density at radius 2 is 2.08 bits per heavy atom. The Hall–Kier alpha value is -2.28. The molecule has 2 N–H and O–H groups in total. The summed E-state index contributed by atoms with van der Waals surface area (Å²) in [6, 6.07) is 7.23. The molecule has 2 aliphatic rings. The summed E-state index contributed by atoms with van der Waals surface area (Å²) < 4.78 is 11.6. The van der Waals surface area contributed by atoms with Crippen LogP contribution in [0.1, 0.15) is 13.3 Å². The normalized spacial score (nSPS) is 23.9. The summed E-state index contributed by atoms with van der Waals surface area (Å²) in [6.45, 7) is 3.99. The summed E-state index contributed by atoms with van der Waals surface area (Å²) in [4.78, 5) is 27.7. The molecule has 0 unspecified atom stereocenters. The number of fused-ring (bicyclic) bond motifs is 1. The number of nitrogens with zero attached hydrogens (tertiary/aromatic N) is 2. The summed E-state index contributed by atoms with van der Waals surface area (Å²) >= 11 is 0. The molecule has 7 nitrogen and oxygen atoms in total. The number of carbonyl (C=O) groups excluding carboxylic acids is 2. The number of nitrogens with two attached hydrogens (primary N) is 1. The molecule has 0 radical (unpaired) electrons. The van der Waals surface area contributed by atoms with Crippen LogP contribution < -0.4 is 15.2 Å². The molecule has 0 saturated carbocycles. The van der Waals surface area contributed by atoms with Gasteiger partial charge in [-0.25, -0.2) is 0 Å². The van der Waals surface area contributed by atoms with Crippen LogP contribution in [0.25, 0.3) is 0 Å². The van der Waals surface area contributed by atoms with E-state index < -0.39 is 0 Å². The molecule has 2 aliphatic heterocycles. The minimum atomic E-state index is -0.290. The zero-order valence-corrected chi connectivity index (χ0v) is 14.7. The molecule has 136 valence electrons. The maximum absolute atomic E-state index is 12.7. The van der Waals surface area contributed by atoms with E-state index in [2.05, 4.69) is 0 Å². The lowest BCUT2D eigenvalue weighted by Gasteiger charge is -2.32. The molecule has 3 atom stereocenters. The lowest BCUT2D eigenvalue weighted by molar-refractivity contribution is -0.136. The maximum atomic E-state index is 12.7. The fraction of sp³-hybridized carbons (Fsp3) is 0.556. The molecule has 25 heavy (non-hydrogen) atoms. The predicted molar refractivity (Wildman–Crippen MR) is 92.3 cm³/mol. The molecule has 0 aliphatic carbocycles. The van der Waals surface area contributed by atoms with E-state index in [4.69, 9.17) is 15.2 Å². The van der Waals surface area contributed by atoms with E-state index in [0.29, 0.717) is 38.4 Å². The van der Waals surface area contributed by atoms with Gasteiger partial charge in [0.15, 0.2) is 17.6 Å². The van der Waals surface area contributed by atoms with Gasteiger partial charge in [0.2, 0.25) is 11.8 Å². The molecule has 0 bridgehead atoms. The highest BCUT2D eigenvalue weighted by atomic mass is 16.6. The summed E-state index contributed by atoms with van der Waals surface area (Å²) in [5.41, 5.74) is 5.37. The number of carbonyl (C=O) groups is 2. The zero-order chi connectivity index (χ0) is 18.0. The summed E-state index contributed by atoms with van der Waals surface area (Å²) in [5, 5.41) is 0. The van der Waals surface area contributed by atoms with Gasteiger partial charge >= 0.3 is 0 Å². The van der Waals surface area contributed by atoms with E-state index in [1.165, 1.54) is 0 Å². The fourth-order valence-corrected chi connectivity index (χ4v) is 3.39. The molecule has 0 spiro atoms. The third-order valence-electron chi connectivity index (χ3n) is 4.95. The lowest BCUT2D eigenvalue weighted by atomic mass is 10.1. The van der Waals surface area contributed by atoms with Crippen molar-refractivity contribution in [2.24, 2.45) is 11.7 Å². The van der Waals surface area contributed by atoms with E-state index in [9.17, 15) is 9.59 Å². The van der Waals surface area contributed by atoms with Crippen LogP contribution in [0.5, 0.6) is 11.5 Å². The minimum Gasteiger partial charge on any atom is -0.486 e. The van der Waals surface area contributed by atoms with Crippen molar-refractivity contribution in [1.82, 2.24) is 9.80 Å². The highest BCUT2D eigenvalue weighted by Gasteiger charge is 2.34. The second-order valence-corrected chi connectivity index (χ2v) is 6.78. The molecule has 3 rings (SSSR count). The van der Waals surface area contributed by atoms with Gasteiger partial charge < -0.3 is 20.1 Å². The van der Waals surface area contributed by atoms with Gasteiger partial charge in [-0.1, -0.05) is 12.1 Å². The number of para-hydroxylation sites is 2. The first kappa shape index (κ1) is 17.5. The van der Waals surface area contributed by atoms with Gasteiger partial charge in [-0.05, 0) is 32.0 Å². The third-order valence-corrected chi connectivity index (χ3v) is 4.95. The molecular formula is C18H25N3O4. The Labute approximate surface area is 147 Å². The van der Waals surface area contributed by atoms with Crippen molar-refractivity contribution < 1.29 is 19.1 Å². The van der Waals surface area contributed by atoms with Crippen molar-refractivity contribution >= 4 is 11.8 Å². The number of benzene rings is 1. The topological polar surface area (TPSA) is 85.1 Å². The van der Waals surface area contributed by atoms with Gasteiger partial charge in [0.25, 0.3) is 0 Å². The Kier molecular flexibility index (Phi) is 5.13. The lowest BCUT2D eigenvalue weighted by Crippen LogP contribution is -2.49. The van der Waals surface area contributed by atoms with Crippen LogP contribution in [0.15, 0.2) is 24.3 Å². The van der Waals surface area contributed by atoms with Gasteiger partial charge in [0.05, 0.1) is 18.5 Å². The van der Waals surface area contributed by atoms with Crippen LogP contribution in [0.2, 0.25) is 0 Å². The van der Waals surface area contributed by atoms with Crippen molar-refractivity contribution in [3.8, 4) is 11.5 Å². The van der Waals surface area contributed by atoms with Crippen LogP contribution in [0, 0.1) is 5.92 Å². The first-order valence-corrected chi connectivity index (χ1v) is 8.62. The summed E-state index contributed by atoms with van der Waals surface area (Å²) in [5.74, 6) is 0.994. The molecule has 1 aromatic rings. The number of primary amides is 1. The number of likely N-dealkylation sites (N-methyl/N-ethyl adjacent to an activating group) is 1. The summed E-state index contributed by atoms with van der Waals surface area (Å²) in [7, 11) is 1.77. The highest BCUT2D eigenvalue weighted by molar-refractivity contribution is 5.82. The van der Waals surface area contributed by atoms with Gasteiger partial charge in [-0.2, -0.15) is 0 Å². The number of hydrogen-bond donors (Lipinski definition) is 1. The average Bonchev–Trinajstić information content (AvgIpc) is 3.10. The first-order chi connectivity index (χ1) is 12.0. The van der Waals surface area contributed by atoms with Crippen molar-refractivity contribution in [3.05, 3.63) is 24.3 Å². The maximum Gasteiger partial charge on any atom is 0.239 e. The molecule has 0 aromatic heterocycles. The number of likely N-dealkylation sites (tertiary alicyclic amines) is 1. The van der Waals surface area contributed by atoms with Crippen molar-refractivity contribution in [1.29, 1.82) is 0 Å². The number of rotatable bonds is 5. The molecule has 1 fully saturated rings. The predicted octanol–water partition coefficient (Wildman–Crippen LogP) is 0.481. The van der Waals surface area contributed by atoms with Gasteiger partial charge in [-0.15, -0.1) is 0 Å². The standard InChI is InChI=1S/C18H25N3O4/c1-12(21-8-7-13(9-21)17(19)22)18(23)20(2)10-14-11-24-15-5-3-4-6-16(15)25-14/h3-6,12-14H,7-11H2,1-2H3,(H2,19,22)/t12-,13+,14+/m1/s1. The Morgan fingerprint density at radius 1 is 1.36 bits per heavy atom. The smallest absolute Gasteiger partial charge is 0.239 e. The zero-order valence-electron chi connectivity index (χ0n) is 14.7. The summed E-state index contributed by atoms with van der Waals surface area (Å²) in [6.07, 6.45) is 0.514. The van der Waals surface area contributed by atoms with Crippen LogP contribution in [-0.4, -0.2) is 67.0 Å². The van der Waals surface area contributed by atoms with Crippen LogP contribution >= 0.6 is 0 Å². The van der Waals surface area contributed by atoms with Gasteiger partial charge in [0, 0.05) is 13.6 Å². The second kappa shape index (κ2) is 7.31. The van der Waals surface area contributed by atoms with Crippen molar-refractivity contribution in [2.45, 2.75) is 25.5 Å². The average molecular weight is 347 g/mol. The van der Waals surface area contributed by atoms with Crippen LogP contribution in [0.3, 0.4) is 0 Å². The Balaban J connectivity index is 1.54. The largest absolute Gasteiger partial charge is 0.486 e. The number of amides is 2. The molecule has 2 heterocycles. The second-order valence-electron chi connectivity index (χ2n) is 6.78. The van der Waals surface area contributed by atoms with E-state index in [1.54, 1.807) is 11.9 Å². The monoisotopic (exact) mass is 347 g/mol. The molecule has 1 saturated heterocycles. The SMILES string of the molecule is C[C@H](C(=O)N(C)C[C@H]1COc2ccccc2O1)N1CC[C@H](C(N)=O)C1. The first-order valence-electron chi connectivity index (χ1n) is 8.62. The minimum absolute atomic E-state index is 0.00702. The fourth-order valence-electron chi connectivity index (χ4n) is 3.39. The molecule has 2 amide bonds.